The molecule has 6 heterocycles. The molecule has 1 saturated carbocycles. The van der Waals surface area contributed by atoms with Crippen LogP contribution in [0.4, 0.5) is 14.6 Å². The average molecular weight is 634 g/mol. The number of likely N-dealkylation sites (N-methyl/N-ethyl adjacent to an activating group) is 1. The van der Waals surface area contributed by atoms with Gasteiger partial charge in [0, 0.05) is 30.6 Å². The van der Waals surface area contributed by atoms with Crippen molar-refractivity contribution in [2.24, 2.45) is 0 Å². The second-order valence-electron chi connectivity index (χ2n) is 12.8. The van der Waals surface area contributed by atoms with Crippen molar-refractivity contribution in [1.82, 2.24) is 19.9 Å². The first kappa shape index (κ1) is 27.5. The lowest BCUT2D eigenvalue weighted by molar-refractivity contribution is 0.107. The SMILES string of the molecule is CN1c2nc(OC[C@@]34CCCN3C[C@H](F)C4)nc3c(F)c(-c4cc(O)cc(Cl)c4C4CC4)nc(c23)OCC12CS(=O)(=O)C2. The summed E-state index contributed by atoms with van der Waals surface area (Å²) in [4.78, 5) is 17.6. The van der Waals surface area contributed by atoms with Gasteiger partial charge in [-0.3, -0.25) is 4.90 Å². The molecule has 1 N–H and O–H groups in total. The summed E-state index contributed by atoms with van der Waals surface area (Å²) in [6.07, 6.45) is 2.85. The van der Waals surface area contributed by atoms with Crippen molar-refractivity contribution in [1.29, 1.82) is 0 Å². The highest BCUT2D eigenvalue weighted by molar-refractivity contribution is 7.93. The van der Waals surface area contributed by atoms with Crippen LogP contribution in [-0.4, -0.2) is 95.5 Å². The third-order valence-corrected chi connectivity index (χ3v) is 12.0. The molecule has 0 unspecified atom stereocenters. The van der Waals surface area contributed by atoms with Gasteiger partial charge in [0.15, 0.2) is 15.7 Å². The second-order valence-corrected chi connectivity index (χ2v) is 15.2. The third-order valence-electron chi connectivity index (χ3n) is 9.78. The number of hydrogen-bond acceptors (Lipinski definition) is 10. The highest BCUT2D eigenvalue weighted by atomic mass is 35.5. The topological polar surface area (TPSA) is 118 Å². The van der Waals surface area contributed by atoms with Crippen LogP contribution in [0.3, 0.4) is 0 Å². The Morgan fingerprint density at radius 2 is 2.02 bits per heavy atom. The highest BCUT2D eigenvalue weighted by Crippen LogP contribution is 2.51. The largest absolute Gasteiger partial charge is 0.508 e. The van der Waals surface area contributed by atoms with Crippen molar-refractivity contribution < 1.29 is 31.8 Å². The minimum Gasteiger partial charge on any atom is -0.508 e. The molecular weight excluding hydrogens is 604 g/mol. The van der Waals surface area contributed by atoms with Crippen molar-refractivity contribution in [3.8, 4) is 28.9 Å². The molecule has 10 nitrogen and oxygen atoms in total. The summed E-state index contributed by atoms with van der Waals surface area (Å²) in [7, 11) is -1.59. The molecule has 43 heavy (non-hydrogen) atoms. The summed E-state index contributed by atoms with van der Waals surface area (Å²) in [6, 6.07) is 2.77. The van der Waals surface area contributed by atoms with Gasteiger partial charge in [0.05, 0.1) is 17.0 Å². The molecule has 4 aliphatic heterocycles. The minimum atomic E-state index is -3.29. The van der Waals surface area contributed by atoms with Crippen LogP contribution in [0.15, 0.2) is 12.1 Å². The normalized spacial score (nSPS) is 27.2. The number of aromatic hydroxyl groups is 1. The fourth-order valence-electron chi connectivity index (χ4n) is 7.51. The van der Waals surface area contributed by atoms with Crippen LogP contribution in [0, 0.1) is 5.82 Å². The highest BCUT2D eigenvalue weighted by Gasteiger charge is 2.55. The van der Waals surface area contributed by atoms with Crippen LogP contribution in [0.1, 0.15) is 43.6 Å². The summed E-state index contributed by atoms with van der Waals surface area (Å²) in [5.74, 6) is -0.821. The summed E-state index contributed by atoms with van der Waals surface area (Å²) >= 11 is 6.54. The first-order valence-corrected chi connectivity index (χ1v) is 16.7. The fourth-order valence-corrected chi connectivity index (χ4v) is 9.98. The van der Waals surface area contributed by atoms with Gasteiger partial charge >= 0.3 is 6.01 Å². The molecule has 3 aromatic rings. The van der Waals surface area contributed by atoms with E-state index in [-0.39, 0.29) is 70.7 Å². The van der Waals surface area contributed by atoms with E-state index in [1.165, 1.54) is 12.1 Å². The van der Waals surface area contributed by atoms with Gasteiger partial charge < -0.3 is 19.5 Å². The predicted molar refractivity (Wildman–Crippen MR) is 155 cm³/mol. The molecule has 3 saturated heterocycles. The number of phenols is 1. The van der Waals surface area contributed by atoms with Gasteiger partial charge in [0.2, 0.25) is 5.88 Å². The molecule has 4 fully saturated rings. The lowest BCUT2D eigenvalue weighted by atomic mass is 9.95. The van der Waals surface area contributed by atoms with E-state index in [2.05, 4.69) is 19.9 Å². The molecule has 1 aromatic carbocycles. The zero-order valence-electron chi connectivity index (χ0n) is 23.4. The number of aromatic nitrogens is 3. The molecular formula is C29H30ClF2N5O5S. The number of hydrogen-bond donors (Lipinski definition) is 1. The van der Waals surface area contributed by atoms with Crippen molar-refractivity contribution in [2.75, 3.05) is 49.8 Å². The Bertz CT molecular complexity index is 1800. The molecule has 228 valence electrons. The maximum absolute atomic E-state index is 16.7. The molecule has 0 bridgehead atoms. The molecule has 1 spiro atoms. The predicted octanol–water partition coefficient (Wildman–Crippen LogP) is 4.02. The number of fused-ring (bicyclic) bond motifs is 1. The molecule has 1 aliphatic carbocycles. The lowest BCUT2D eigenvalue weighted by Crippen LogP contribution is -2.67. The van der Waals surface area contributed by atoms with Crippen molar-refractivity contribution in [3.63, 3.8) is 0 Å². The molecule has 14 heteroatoms. The van der Waals surface area contributed by atoms with Crippen LogP contribution in [0.25, 0.3) is 22.2 Å². The van der Waals surface area contributed by atoms with Gasteiger partial charge in [-0.1, -0.05) is 11.6 Å². The fraction of sp³-hybridized carbons (Fsp3) is 0.552. The molecule has 0 amide bonds. The van der Waals surface area contributed by atoms with E-state index in [0.717, 1.165) is 32.2 Å². The van der Waals surface area contributed by atoms with Gasteiger partial charge in [-0.05, 0) is 55.8 Å². The second kappa shape index (κ2) is 9.24. The summed E-state index contributed by atoms with van der Waals surface area (Å²) in [5, 5.41) is 10.9. The van der Waals surface area contributed by atoms with Gasteiger partial charge in [-0.15, -0.1) is 0 Å². The van der Waals surface area contributed by atoms with E-state index < -0.39 is 32.9 Å². The molecule has 2 atom stereocenters. The Labute approximate surface area is 251 Å². The number of phenolic OH excluding ortho intramolecular Hbond substituents is 1. The lowest BCUT2D eigenvalue weighted by Gasteiger charge is -2.46. The van der Waals surface area contributed by atoms with E-state index in [1.807, 2.05) is 0 Å². The van der Waals surface area contributed by atoms with Crippen molar-refractivity contribution in [2.45, 2.75) is 55.3 Å². The van der Waals surface area contributed by atoms with E-state index in [0.29, 0.717) is 29.1 Å². The van der Waals surface area contributed by atoms with Gasteiger partial charge in [0.1, 0.15) is 53.1 Å². The van der Waals surface area contributed by atoms with Crippen LogP contribution in [0.2, 0.25) is 5.02 Å². The van der Waals surface area contributed by atoms with Crippen LogP contribution in [-0.2, 0) is 9.84 Å². The molecule has 2 aromatic heterocycles. The maximum Gasteiger partial charge on any atom is 0.319 e. The number of anilines is 1. The number of halogens is 3. The van der Waals surface area contributed by atoms with Gasteiger partial charge in [-0.25, -0.2) is 22.2 Å². The standard InChI is InChI=1S/C29H30ClF2N5O5S/c1-36-25-21-24(34-27(35-25)42-11-28-5-2-6-37(28)10-16(31)9-28)22(32)23(18-7-17(38)8-19(30)20(18)15-3-4-15)33-26(21)41-12-29(36)13-43(39,40)14-29/h7-8,15-16,38H,2-6,9-14H2,1H3/t16-,28+/m1/s1. The Morgan fingerprint density at radius 3 is 2.77 bits per heavy atom. The summed E-state index contributed by atoms with van der Waals surface area (Å²) in [5.41, 5.74) is -0.575. The Hall–Kier alpha value is -3.03. The van der Waals surface area contributed by atoms with E-state index in [9.17, 15) is 17.9 Å². The van der Waals surface area contributed by atoms with Gasteiger partial charge in [-0.2, -0.15) is 9.97 Å². The van der Waals surface area contributed by atoms with Crippen molar-refractivity contribution >= 4 is 38.2 Å². The average Bonchev–Trinajstić information content (AvgIpc) is 3.63. The summed E-state index contributed by atoms with van der Waals surface area (Å²) < 4.78 is 68.1. The monoisotopic (exact) mass is 633 g/mol. The third kappa shape index (κ3) is 4.25. The maximum atomic E-state index is 16.7. The van der Waals surface area contributed by atoms with E-state index >= 15 is 4.39 Å². The van der Waals surface area contributed by atoms with Crippen LogP contribution < -0.4 is 14.4 Å². The molecule has 0 radical (unpaired) electrons. The number of alkyl halides is 1. The number of benzene rings is 1. The first-order valence-electron chi connectivity index (χ1n) is 14.5. The number of pyridine rings is 1. The minimum absolute atomic E-state index is 0.0192. The smallest absolute Gasteiger partial charge is 0.319 e. The zero-order chi connectivity index (χ0) is 29.9. The van der Waals surface area contributed by atoms with Gasteiger partial charge in [0.25, 0.3) is 0 Å². The van der Waals surface area contributed by atoms with Crippen molar-refractivity contribution in [3.05, 3.63) is 28.5 Å². The van der Waals surface area contributed by atoms with E-state index in [1.54, 1.807) is 11.9 Å². The van der Waals surface area contributed by atoms with Crippen LogP contribution >= 0.6 is 11.6 Å². The summed E-state index contributed by atoms with van der Waals surface area (Å²) in [6.45, 7) is 1.26. The van der Waals surface area contributed by atoms with Crippen LogP contribution in [0.5, 0.6) is 17.6 Å². The number of sulfone groups is 1. The number of nitrogens with zero attached hydrogens (tertiary/aromatic N) is 5. The Morgan fingerprint density at radius 1 is 1.23 bits per heavy atom. The zero-order valence-corrected chi connectivity index (χ0v) is 25.0. The Kier molecular flexibility index (Phi) is 5.91. The number of ether oxygens (including phenoxy) is 2. The van der Waals surface area contributed by atoms with E-state index in [4.69, 9.17) is 21.1 Å². The molecule has 8 rings (SSSR count). The number of rotatable bonds is 5. The first-order chi connectivity index (χ1) is 20.5. The Balaban J connectivity index is 1.29. The molecule has 5 aliphatic rings. The quantitative estimate of drug-likeness (QED) is 0.441.